The summed E-state index contributed by atoms with van der Waals surface area (Å²) in [4.78, 5) is 27.5. The van der Waals surface area contributed by atoms with Crippen LogP contribution in [0.2, 0.25) is 0 Å². The third kappa shape index (κ3) is 3.57. The molecular weight excluding hydrogens is 478 g/mol. The fourth-order valence-electron chi connectivity index (χ4n) is 4.08. The van der Waals surface area contributed by atoms with Gasteiger partial charge >= 0.3 is 12.1 Å². The number of carbonyl (C=O) groups is 2. The summed E-state index contributed by atoms with van der Waals surface area (Å²) >= 11 is 5.48. The van der Waals surface area contributed by atoms with Crippen molar-refractivity contribution in [2.75, 3.05) is 30.1 Å². The molecule has 2 fully saturated rings. The molecule has 2 heterocycles. The van der Waals surface area contributed by atoms with E-state index in [9.17, 15) is 27.2 Å². The van der Waals surface area contributed by atoms with Crippen LogP contribution in [-0.2, 0) is 20.4 Å². The van der Waals surface area contributed by atoms with Gasteiger partial charge in [0, 0.05) is 18.7 Å². The number of alkyl halides is 3. The molecule has 0 saturated carbocycles. The maximum absolute atomic E-state index is 14.7. The Morgan fingerprint density at radius 2 is 1.94 bits per heavy atom. The summed E-state index contributed by atoms with van der Waals surface area (Å²) in [5.41, 5.74) is -3.65. The summed E-state index contributed by atoms with van der Waals surface area (Å²) in [6, 6.07) is 7.83. The number of methoxy groups -OCH3 is 1. The minimum Gasteiger partial charge on any atom is -0.465 e. The van der Waals surface area contributed by atoms with Gasteiger partial charge in [0.15, 0.2) is 10.7 Å². The first kappa shape index (κ1) is 23.6. The summed E-state index contributed by atoms with van der Waals surface area (Å²) in [5, 5.41) is 8.86. The third-order valence-electron chi connectivity index (χ3n) is 5.72. The first-order chi connectivity index (χ1) is 16.0. The number of ether oxygens (including phenoxy) is 2. The van der Waals surface area contributed by atoms with E-state index in [-0.39, 0.29) is 41.7 Å². The second-order valence-electron chi connectivity index (χ2n) is 7.59. The van der Waals surface area contributed by atoms with Gasteiger partial charge < -0.3 is 14.4 Å². The highest BCUT2D eigenvalue weighted by atomic mass is 32.1. The predicted molar refractivity (Wildman–Crippen MR) is 115 cm³/mol. The third-order valence-corrected chi connectivity index (χ3v) is 6.08. The van der Waals surface area contributed by atoms with Crippen LogP contribution in [0.3, 0.4) is 0 Å². The summed E-state index contributed by atoms with van der Waals surface area (Å²) in [5.74, 6) is -2.47. The lowest BCUT2D eigenvalue weighted by Gasteiger charge is -2.31. The van der Waals surface area contributed by atoms with E-state index in [1.807, 2.05) is 0 Å². The van der Waals surface area contributed by atoms with E-state index < -0.39 is 40.5 Å². The van der Waals surface area contributed by atoms with Gasteiger partial charge in [-0.2, -0.15) is 18.4 Å². The van der Waals surface area contributed by atoms with Crippen LogP contribution in [0.1, 0.15) is 27.9 Å². The quantitative estimate of drug-likeness (QED) is 0.366. The second kappa shape index (κ2) is 8.34. The molecule has 0 aromatic heterocycles. The zero-order valence-corrected chi connectivity index (χ0v) is 18.3. The summed E-state index contributed by atoms with van der Waals surface area (Å²) in [6.45, 7) is 0.0356. The van der Waals surface area contributed by atoms with Crippen molar-refractivity contribution in [1.82, 2.24) is 0 Å². The molecule has 0 N–H and O–H groups in total. The topological polar surface area (TPSA) is 82.9 Å². The SMILES string of the molecule is COC(=O)c1ccc(N2C(=S)N(c3ccc(C#N)c(C(F)(F)F)c3)C(=O)C23CCOC3)cc1F. The van der Waals surface area contributed by atoms with Crippen molar-refractivity contribution < 1.29 is 36.6 Å². The van der Waals surface area contributed by atoms with Crippen LogP contribution in [0, 0.1) is 17.1 Å². The number of anilines is 2. The minimum atomic E-state index is -4.84. The Bertz CT molecular complexity index is 1250. The number of rotatable bonds is 3. The van der Waals surface area contributed by atoms with E-state index in [0.29, 0.717) is 6.07 Å². The van der Waals surface area contributed by atoms with Crippen molar-refractivity contribution in [3.8, 4) is 6.07 Å². The van der Waals surface area contributed by atoms with Crippen LogP contribution in [0.5, 0.6) is 0 Å². The highest BCUT2D eigenvalue weighted by Gasteiger charge is 2.58. The first-order valence-corrected chi connectivity index (χ1v) is 10.2. The fourth-order valence-corrected chi connectivity index (χ4v) is 4.55. The van der Waals surface area contributed by atoms with Crippen molar-refractivity contribution in [2.45, 2.75) is 18.1 Å². The van der Waals surface area contributed by atoms with Gasteiger partial charge in [0.25, 0.3) is 5.91 Å². The molecule has 4 rings (SSSR count). The molecule has 2 aliphatic rings. The second-order valence-corrected chi connectivity index (χ2v) is 7.95. The summed E-state index contributed by atoms with van der Waals surface area (Å²) in [7, 11) is 1.10. The maximum atomic E-state index is 14.7. The number of carbonyl (C=O) groups excluding carboxylic acids is 2. The Balaban J connectivity index is 1.83. The van der Waals surface area contributed by atoms with Gasteiger partial charge in [-0.3, -0.25) is 9.69 Å². The molecule has 2 aromatic carbocycles. The molecule has 1 amide bonds. The smallest absolute Gasteiger partial charge is 0.417 e. The fraction of sp³-hybridized carbons (Fsp3) is 0.273. The standard InChI is InChI=1S/C22H15F4N3O4S/c1-32-18(30)15-5-4-14(9-17(15)23)29-20(34)28(19(31)21(29)6-7-33-11-21)13-3-2-12(10-27)16(8-13)22(24,25)26/h2-5,8-9H,6-7,11H2,1H3. The first-order valence-electron chi connectivity index (χ1n) is 9.81. The molecule has 7 nitrogen and oxygen atoms in total. The molecule has 1 atom stereocenters. The highest BCUT2D eigenvalue weighted by molar-refractivity contribution is 7.81. The number of esters is 1. The van der Waals surface area contributed by atoms with Crippen molar-refractivity contribution in [1.29, 1.82) is 5.26 Å². The van der Waals surface area contributed by atoms with Crippen LogP contribution in [0.25, 0.3) is 0 Å². The normalized spacial score (nSPS) is 20.2. The lowest BCUT2D eigenvalue weighted by atomic mass is 9.95. The average molecular weight is 493 g/mol. The molecular formula is C22H15F4N3O4S. The monoisotopic (exact) mass is 493 g/mol. The van der Waals surface area contributed by atoms with Gasteiger partial charge in [0.2, 0.25) is 0 Å². The van der Waals surface area contributed by atoms with E-state index in [0.717, 1.165) is 24.1 Å². The maximum Gasteiger partial charge on any atom is 0.417 e. The summed E-state index contributed by atoms with van der Waals surface area (Å²) in [6.07, 6.45) is -4.70. The van der Waals surface area contributed by atoms with E-state index in [1.165, 1.54) is 29.2 Å². The number of amides is 1. The van der Waals surface area contributed by atoms with Crippen LogP contribution in [-0.4, -0.2) is 42.9 Å². The summed E-state index contributed by atoms with van der Waals surface area (Å²) < 4.78 is 65.2. The number of benzene rings is 2. The molecule has 2 saturated heterocycles. The average Bonchev–Trinajstić information content (AvgIpc) is 3.36. The predicted octanol–water partition coefficient (Wildman–Crippen LogP) is 3.80. The zero-order valence-electron chi connectivity index (χ0n) is 17.5. The van der Waals surface area contributed by atoms with Crippen LogP contribution in [0.4, 0.5) is 28.9 Å². The Morgan fingerprint density at radius 1 is 1.24 bits per heavy atom. The minimum absolute atomic E-state index is 0.112. The molecule has 2 aliphatic heterocycles. The van der Waals surface area contributed by atoms with Gasteiger partial charge in [-0.15, -0.1) is 0 Å². The largest absolute Gasteiger partial charge is 0.465 e. The Hall–Kier alpha value is -3.56. The molecule has 12 heteroatoms. The molecule has 0 aliphatic carbocycles. The van der Waals surface area contributed by atoms with Gasteiger partial charge in [0.05, 0.1) is 42.2 Å². The van der Waals surface area contributed by atoms with Gasteiger partial charge in [-0.1, -0.05) is 0 Å². The van der Waals surface area contributed by atoms with Crippen molar-refractivity contribution in [3.05, 3.63) is 58.9 Å². The number of thiocarbonyl (C=S) groups is 1. The molecule has 2 aromatic rings. The molecule has 0 bridgehead atoms. The lowest BCUT2D eigenvalue weighted by molar-refractivity contribution is -0.137. The van der Waals surface area contributed by atoms with Crippen LogP contribution >= 0.6 is 12.2 Å². The van der Waals surface area contributed by atoms with Gasteiger partial charge in [0.1, 0.15) is 5.82 Å². The zero-order chi connectivity index (χ0) is 24.8. The Kier molecular flexibility index (Phi) is 5.79. The Labute approximate surface area is 196 Å². The van der Waals surface area contributed by atoms with Crippen LogP contribution < -0.4 is 9.80 Å². The van der Waals surface area contributed by atoms with E-state index >= 15 is 0 Å². The molecule has 34 heavy (non-hydrogen) atoms. The van der Waals surface area contributed by atoms with Crippen molar-refractivity contribution in [2.24, 2.45) is 0 Å². The molecule has 1 unspecified atom stereocenters. The molecule has 1 spiro atoms. The van der Waals surface area contributed by atoms with E-state index in [4.69, 9.17) is 22.2 Å². The number of hydrogen-bond donors (Lipinski definition) is 0. The lowest BCUT2D eigenvalue weighted by Crippen LogP contribution is -2.50. The van der Waals surface area contributed by atoms with Gasteiger partial charge in [-0.05, 0) is 48.6 Å². The van der Waals surface area contributed by atoms with Gasteiger partial charge in [-0.25, -0.2) is 9.18 Å². The molecule has 176 valence electrons. The van der Waals surface area contributed by atoms with E-state index in [1.54, 1.807) is 0 Å². The number of nitrogens with zero attached hydrogens (tertiary/aromatic N) is 3. The Morgan fingerprint density at radius 3 is 2.50 bits per heavy atom. The van der Waals surface area contributed by atoms with Crippen molar-refractivity contribution >= 4 is 40.6 Å². The number of nitriles is 1. The number of halogens is 4. The molecule has 0 radical (unpaired) electrons. The van der Waals surface area contributed by atoms with Crippen LogP contribution in [0.15, 0.2) is 36.4 Å². The number of hydrogen-bond acceptors (Lipinski definition) is 6. The highest BCUT2D eigenvalue weighted by Crippen LogP contribution is 2.43. The van der Waals surface area contributed by atoms with Crippen molar-refractivity contribution in [3.63, 3.8) is 0 Å². The van der Waals surface area contributed by atoms with E-state index in [2.05, 4.69) is 4.74 Å².